The standard InChI is InChI=1S/C15H19N5O2/c1-11-17-14(19-22-11)13-7-3-2-4-9-20(13)15(21)18-12-6-5-8-16-10-12/h5-6,8,10,13H,2-4,7,9H2,1H3,(H,18,21). The second kappa shape index (κ2) is 6.55. The third kappa shape index (κ3) is 3.24. The number of nitrogens with one attached hydrogen (secondary N) is 1. The lowest BCUT2D eigenvalue weighted by molar-refractivity contribution is 0.184. The van der Waals surface area contributed by atoms with Gasteiger partial charge in [0.05, 0.1) is 17.9 Å². The van der Waals surface area contributed by atoms with Crippen LogP contribution in [0.15, 0.2) is 29.0 Å². The molecule has 1 aliphatic rings. The van der Waals surface area contributed by atoms with E-state index in [9.17, 15) is 4.79 Å². The molecule has 2 aromatic heterocycles. The Morgan fingerprint density at radius 2 is 2.32 bits per heavy atom. The fraction of sp³-hybridized carbons (Fsp3) is 0.467. The molecular formula is C15H19N5O2. The molecule has 0 bridgehead atoms. The van der Waals surface area contributed by atoms with Crippen molar-refractivity contribution in [3.8, 4) is 0 Å². The number of carbonyl (C=O) groups excluding carboxylic acids is 1. The maximum absolute atomic E-state index is 12.6. The van der Waals surface area contributed by atoms with E-state index in [4.69, 9.17) is 4.52 Å². The van der Waals surface area contributed by atoms with Crippen LogP contribution >= 0.6 is 0 Å². The van der Waals surface area contributed by atoms with Crippen molar-refractivity contribution < 1.29 is 9.32 Å². The highest BCUT2D eigenvalue weighted by atomic mass is 16.5. The summed E-state index contributed by atoms with van der Waals surface area (Å²) in [7, 11) is 0. The number of likely N-dealkylation sites (tertiary alicyclic amines) is 1. The zero-order valence-corrected chi connectivity index (χ0v) is 12.5. The van der Waals surface area contributed by atoms with Crippen LogP contribution in [0.25, 0.3) is 0 Å². The van der Waals surface area contributed by atoms with Crippen molar-refractivity contribution in [1.82, 2.24) is 20.0 Å². The van der Waals surface area contributed by atoms with Gasteiger partial charge in [0.2, 0.25) is 5.89 Å². The van der Waals surface area contributed by atoms with Crippen LogP contribution in [0.1, 0.15) is 43.4 Å². The summed E-state index contributed by atoms with van der Waals surface area (Å²) in [5.41, 5.74) is 0.680. The molecule has 7 heteroatoms. The second-order valence-electron chi connectivity index (χ2n) is 5.40. The molecule has 3 heterocycles. The van der Waals surface area contributed by atoms with Crippen molar-refractivity contribution in [3.63, 3.8) is 0 Å². The van der Waals surface area contributed by atoms with Gasteiger partial charge in [0.1, 0.15) is 0 Å². The SMILES string of the molecule is Cc1nc(C2CCCCCN2C(=O)Nc2cccnc2)no1. The molecule has 1 saturated heterocycles. The molecule has 1 fully saturated rings. The predicted octanol–water partition coefficient (Wildman–Crippen LogP) is 2.92. The van der Waals surface area contributed by atoms with Crippen molar-refractivity contribution >= 4 is 11.7 Å². The van der Waals surface area contributed by atoms with E-state index in [0.29, 0.717) is 23.9 Å². The van der Waals surface area contributed by atoms with Crippen molar-refractivity contribution in [3.05, 3.63) is 36.2 Å². The number of urea groups is 1. The van der Waals surface area contributed by atoms with Crippen molar-refractivity contribution in [2.24, 2.45) is 0 Å². The fourth-order valence-electron chi connectivity index (χ4n) is 2.70. The molecule has 0 aromatic carbocycles. The Bertz CT molecular complexity index is 628. The molecule has 1 N–H and O–H groups in total. The number of carbonyl (C=O) groups is 1. The minimum Gasteiger partial charge on any atom is -0.340 e. The van der Waals surface area contributed by atoms with Gasteiger partial charge in [0.25, 0.3) is 0 Å². The maximum atomic E-state index is 12.6. The summed E-state index contributed by atoms with van der Waals surface area (Å²) >= 11 is 0. The van der Waals surface area contributed by atoms with Gasteiger partial charge in [-0.2, -0.15) is 4.98 Å². The zero-order chi connectivity index (χ0) is 15.4. The van der Waals surface area contributed by atoms with Crippen LogP contribution in [0.5, 0.6) is 0 Å². The number of aryl methyl sites for hydroxylation is 1. The van der Waals surface area contributed by atoms with Gasteiger partial charge < -0.3 is 14.7 Å². The number of nitrogens with zero attached hydrogens (tertiary/aromatic N) is 4. The number of hydrogen-bond donors (Lipinski definition) is 1. The molecule has 2 amide bonds. The largest absolute Gasteiger partial charge is 0.340 e. The van der Waals surface area contributed by atoms with E-state index >= 15 is 0 Å². The molecule has 0 aliphatic carbocycles. The Hall–Kier alpha value is -2.44. The molecule has 116 valence electrons. The van der Waals surface area contributed by atoms with Gasteiger partial charge in [0, 0.05) is 19.7 Å². The highest BCUT2D eigenvalue weighted by Gasteiger charge is 2.30. The summed E-state index contributed by atoms with van der Waals surface area (Å²) in [6, 6.07) is 3.31. The van der Waals surface area contributed by atoms with E-state index in [1.165, 1.54) is 0 Å². The lowest BCUT2D eigenvalue weighted by Gasteiger charge is -2.27. The normalized spacial score (nSPS) is 18.8. The van der Waals surface area contributed by atoms with E-state index in [1.807, 2.05) is 6.07 Å². The van der Waals surface area contributed by atoms with E-state index in [-0.39, 0.29) is 12.1 Å². The summed E-state index contributed by atoms with van der Waals surface area (Å²) < 4.78 is 5.08. The minimum absolute atomic E-state index is 0.142. The van der Waals surface area contributed by atoms with Gasteiger partial charge in [-0.05, 0) is 25.0 Å². The van der Waals surface area contributed by atoms with E-state index in [1.54, 1.807) is 30.3 Å². The minimum atomic E-state index is -0.151. The Kier molecular flexibility index (Phi) is 4.32. The van der Waals surface area contributed by atoms with Gasteiger partial charge in [0.15, 0.2) is 5.82 Å². The lowest BCUT2D eigenvalue weighted by atomic mass is 10.1. The Balaban J connectivity index is 1.79. The van der Waals surface area contributed by atoms with Crippen LogP contribution in [0, 0.1) is 6.92 Å². The van der Waals surface area contributed by atoms with Gasteiger partial charge in [-0.15, -0.1) is 0 Å². The number of pyridine rings is 1. The summed E-state index contributed by atoms with van der Waals surface area (Å²) in [4.78, 5) is 22.7. The first-order valence-corrected chi connectivity index (χ1v) is 7.52. The summed E-state index contributed by atoms with van der Waals surface area (Å²) in [5.74, 6) is 1.10. The molecule has 0 saturated carbocycles. The molecule has 7 nitrogen and oxygen atoms in total. The summed E-state index contributed by atoms with van der Waals surface area (Å²) in [5, 5.41) is 6.88. The van der Waals surface area contributed by atoms with Crippen LogP contribution < -0.4 is 5.32 Å². The van der Waals surface area contributed by atoms with E-state index in [0.717, 1.165) is 25.7 Å². The zero-order valence-electron chi connectivity index (χ0n) is 12.5. The van der Waals surface area contributed by atoms with Crippen molar-refractivity contribution in [1.29, 1.82) is 0 Å². The Morgan fingerprint density at radius 3 is 3.05 bits per heavy atom. The summed E-state index contributed by atoms with van der Waals surface area (Å²) in [6.07, 6.45) is 7.28. The van der Waals surface area contributed by atoms with Crippen molar-refractivity contribution in [2.75, 3.05) is 11.9 Å². The van der Waals surface area contributed by atoms with Gasteiger partial charge >= 0.3 is 6.03 Å². The number of anilines is 1. The highest BCUT2D eigenvalue weighted by molar-refractivity contribution is 5.89. The molecule has 22 heavy (non-hydrogen) atoms. The topological polar surface area (TPSA) is 84.2 Å². The predicted molar refractivity (Wildman–Crippen MR) is 80.2 cm³/mol. The summed E-state index contributed by atoms with van der Waals surface area (Å²) in [6.45, 7) is 2.44. The van der Waals surface area contributed by atoms with Gasteiger partial charge in [-0.3, -0.25) is 4.98 Å². The molecule has 3 rings (SSSR count). The lowest BCUT2D eigenvalue weighted by Crippen LogP contribution is -2.38. The molecule has 2 aromatic rings. The van der Waals surface area contributed by atoms with Crippen LogP contribution in [-0.4, -0.2) is 32.6 Å². The van der Waals surface area contributed by atoms with Gasteiger partial charge in [-0.25, -0.2) is 4.79 Å². The second-order valence-corrected chi connectivity index (χ2v) is 5.40. The van der Waals surface area contributed by atoms with Crippen LogP contribution in [0.2, 0.25) is 0 Å². The smallest absolute Gasteiger partial charge is 0.322 e. The molecule has 1 unspecified atom stereocenters. The van der Waals surface area contributed by atoms with Crippen LogP contribution in [0.4, 0.5) is 10.5 Å². The molecule has 0 radical (unpaired) electrons. The fourth-order valence-corrected chi connectivity index (χ4v) is 2.70. The average molecular weight is 301 g/mol. The number of aromatic nitrogens is 3. The van der Waals surface area contributed by atoms with Gasteiger partial charge in [-0.1, -0.05) is 18.0 Å². The first-order valence-electron chi connectivity index (χ1n) is 7.52. The Labute approximate surface area is 128 Å². The maximum Gasteiger partial charge on any atom is 0.322 e. The number of hydrogen-bond acceptors (Lipinski definition) is 5. The van der Waals surface area contributed by atoms with Crippen molar-refractivity contribution in [2.45, 2.75) is 38.6 Å². The average Bonchev–Trinajstić information content (AvgIpc) is 2.81. The van der Waals surface area contributed by atoms with Crippen LogP contribution in [0.3, 0.4) is 0 Å². The highest BCUT2D eigenvalue weighted by Crippen LogP contribution is 2.29. The Morgan fingerprint density at radius 1 is 1.41 bits per heavy atom. The molecule has 0 spiro atoms. The first kappa shape index (κ1) is 14.5. The third-order valence-electron chi connectivity index (χ3n) is 3.77. The first-order chi connectivity index (χ1) is 10.7. The number of amides is 2. The van der Waals surface area contributed by atoms with E-state index < -0.39 is 0 Å². The monoisotopic (exact) mass is 301 g/mol. The molecular weight excluding hydrogens is 282 g/mol. The van der Waals surface area contributed by atoms with Crippen LogP contribution in [-0.2, 0) is 0 Å². The molecule has 1 atom stereocenters. The molecule has 1 aliphatic heterocycles. The van der Waals surface area contributed by atoms with E-state index in [2.05, 4.69) is 20.4 Å². The quantitative estimate of drug-likeness (QED) is 0.922. The third-order valence-corrected chi connectivity index (χ3v) is 3.77. The number of rotatable bonds is 2.